The fourth-order valence-electron chi connectivity index (χ4n) is 2.63. The van der Waals surface area contributed by atoms with E-state index in [4.69, 9.17) is 16.2 Å². The third-order valence-corrected chi connectivity index (χ3v) is 3.95. The fourth-order valence-corrected chi connectivity index (χ4v) is 2.63. The summed E-state index contributed by atoms with van der Waals surface area (Å²) in [5.41, 5.74) is 15.7. The van der Waals surface area contributed by atoms with Gasteiger partial charge in [-0.25, -0.2) is 9.97 Å². The number of anilines is 2. The maximum absolute atomic E-state index is 5.95. The molecule has 25 heavy (non-hydrogen) atoms. The van der Waals surface area contributed by atoms with Crippen LogP contribution < -0.4 is 16.2 Å². The van der Waals surface area contributed by atoms with Gasteiger partial charge in [0.15, 0.2) is 5.65 Å². The van der Waals surface area contributed by atoms with Crippen LogP contribution in [0.3, 0.4) is 0 Å². The molecule has 0 spiro atoms. The predicted octanol–water partition coefficient (Wildman–Crippen LogP) is 3.29. The van der Waals surface area contributed by atoms with E-state index in [-0.39, 0.29) is 0 Å². The number of nitrogen functional groups attached to an aromatic ring is 2. The van der Waals surface area contributed by atoms with Gasteiger partial charge in [-0.05, 0) is 42.8 Å². The summed E-state index contributed by atoms with van der Waals surface area (Å²) in [5.74, 6) is 1.83. The van der Waals surface area contributed by atoms with Crippen LogP contribution in [-0.4, -0.2) is 20.2 Å². The molecule has 0 fully saturated rings. The lowest BCUT2D eigenvalue weighted by Gasteiger charge is -2.10. The van der Waals surface area contributed by atoms with Crippen LogP contribution in [0.5, 0.6) is 11.5 Å². The number of ether oxygens (including phenoxy) is 1. The van der Waals surface area contributed by atoms with Gasteiger partial charge in [0, 0.05) is 17.3 Å². The van der Waals surface area contributed by atoms with Gasteiger partial charge in [-0.15, -0.1) is 0 Å². The molecular weight excluding hydrogens is 316 g/mol. The summed E-state index contributed by atoms with van der Waals surface area (Å²) in [7, 11) is 0. The molecule has 0 atom stereocenters. The second-order valence-corrected chi connectivity index (χ2v) is 5.71. The van der Waals surface area contributed by atoms with E-state index in [1.807, 2.05) is 49.4 Å². The number of nitrogens with one attached hydrogen (secondary N) is 1. The number of hydrogen-bond acceptors (Lipinski definition) is 6. The van der Waals surface area contributed by atoms with E-state index in [0.717, 1.165) is 16.9 Å². The van der Waals surface area contributed by atoms with Crippen LogP contribution in [0.15, 0.2) is 48.8 Å². The Kier molecular flexibility index (Phi) is 3.46. The van der Waals surface area contributed by atoms with E-state index in [1.54, 1.807) is 0 Å². The average molecular weight is 332 g/mol. The second-order valence-electron chi connectivity index (χ2n) is 5.71. The quantitative estimate of drug-likeness (QED) is 0.496. The first-order valence-electron chi connectivity index (χ1n) is 7.71. The van der Waals surface area contributed by atoms with Crippen molar-refractivity contribution in [2.45, 2.75) is 6.92 Å². The Morgan fingerprint density at radius 1 is 1.00 bits per heavy atom. The molecule has 0 aliphatic heterocycles. The molecule has 7 nitrogen and oxygen atoms in total. The number of benzene rings is 2. The summed E-state index contributed by atoms with van der Waals surface area (Å²) in [6.07, 6.45) is 1.41. The molecule has 2 heterocycles. The molecule has 124 valence electrons. The van der Waals surface area contributed by atoms with Crippen LogP contribution in [-0.2, 0) is 0 Å². The molecule has 2 aromatic carbocycles. The molecule has 5 N–H and O–H groups in total. The predicted molar refractivity (Wildman–Crippen MR) is 97.2 cm³/mol. The van der Waals surface area contributed by atoms with Gasteiger partial charge in [0.25, 0.3) is 0 Å². The Morgan fingerprint density at radius 2 is 1.80 bits per heavy atom. The van der Waals surface area contributed by atoms with Crippen molar-refractivity contribution < 1.29 is 4.74 Å². The number of H-pyrrole nitrogens is 1. The molecule has 0 unspecified atom stereocenters. The van der Waals surface area contributed by atoms with Crippen LogP contribution in [0.1, 0.15) is 5.56 Å². The maximum atomic E-state index is 5.95. The van der Waals surface area contributed by atoms with Gasteiger partial charge >= 0.3 is 0 Å². The smallest absolute Gasteiger partial charge is 0.161 e. The Labute approximate surface area is 143 Å². The standard InChI is InChI=1S/C18H16N6O/c1-10-2-5-12(19)8-14(10)25-13-6-3-11(4-7-13)16-15-17(20)21-9-22-18(15)24-23-16/h2-9H,19H2,1H3,(H3,20,21,22,23,24). The zero-order valence-corrected chi connectivity index (χ0v) is 13.5. The minimum absolute atomic E-state index is 0.393. The zero-order chi connectivity index (χ0) is 17.4. The number of fused-ring (bicyclic) bond motifs is 1. The second kappa shape index (κ2) is 5.79. The van der Waals surface area contributed by atoms with E-state index in [2.05, 4.69) is 20.2 Å². The Bertz CT molecular complexity index is 1060. The molecule has 0 aliphatic rings. The van der Waals surface area contributed by atoms with Crippen LogP contribution in [0.25, 0.3) is 22.3 Å². The SMILES string of the molecule is Cc1ccc(N)cc1Oc1ccc(-c2n[nH]c3ncnc(N)c23)cc1. The molecular formula is C18H16N6O. The maximum Gasteiger partial charge on any atom is 0.161 e. The van der Waals surface area contributed by atoms with Gasteiger partial charge in [-0.2, -0.15) is 5.10 Å². The number of nitrogens with two attached hydrogens (primary N) is 2. The monoisotopic (exact) mass is 332 g/mol. The molecule has 0 radical (unpaired) electrons. The normalized spacial score (nSPS) is 10.9. The van der Waals surface area contributed by atoms with Crippen LogP contribution >= 0.6 is 0 Å². The highest BCUT2D eigenvalue weighted by Gasteiger charge is 2.13. The molecule has 0 saturated carbocycles. The van der Waals surface area contributed by atoms with Crippen molar-refractivity contribution in [3.05, 3.63) is 54.4 Å². The van der Waals surface area contributed by atoms with E-state index in [1.165, 1.54) is 6.33 Å². The highest BCUT2D eigenvalue weighted by atomic mass is 16.5. The number of hydrogen-bond donors (Lipinski definition) is 3. The lowest BCUT2D eigenvalue weighted by atomic mass is 10.1. The Hall–Kier alpha value is -3.61. The Morgan fingerprint density at radius 3 is 2.60 bits per heavy atom. The van der Waals surface area contributed by atoms with E-state index >= 15 is 0 Å². The summed E-state index contributed by atoms with van der Waals surface area (Å²) >= 11 is 0. The molecule has 4 rings (SSSR count). The largest absolute Gasteiger partial charge is 0.457 e. The number of aryl methyl sites for hydroxylation is 1. The third kappa shape index (κ3) is 2.72. The fraction of sp³-hybridized carbons (Fsp3) is 0.0556. The summed E-state index contributed by atoms with van der Waals surface area (Å²) < 4.78 is 5.92. The van der Waals surface area contributed by atoms with Gasteiger partial charge < -0.3 is 16.2 Å². The Balaban J connectivity index is 1.67. The average Bonchev–Trinajstić information content (AvgIpc) is 3.04. The highest BCUT2D eigenvalue weighted by Crippen LogP contribution is 2.31. The van der Waals surface area contributed by atoms with Crippen LogP contribution in [0, 0.1) is 6.92 Å². The van der Waals surface area contributed by atoms with Gasteiger partial charge in [-0.3, -0.25) is 5.10 Å². The van der Waals surface area contributed by atoms with E-state index in [0.29, 0.717) is 34.0 Å². The minimum Gasteiger partial charge on any atom is -0.457 e. The number of aromatic amines is 1. The van der Waals surface area contributed by atoms with Gasteiger partial charge in [-0.1, -0.05) is 6.07 Å². The van der Waals surface area contributed by atoms with E-state index in [9.17, 15) is 0 Å². The summed E-state index contributed by atoms with van der Waals surface area (Å²) in [5, 5.41) is 7.88. The lowest BCUT2D eigenvalue weighted by Crippen LogP contribution is -1.93. The summed E-state index contributed by atoms with van der Waals surface area (Å²) in [4.78, 5) is 8.16. The van der Waals surface area contributed by atoms with Crippen molar-refractivity contribution in [2.75, 3.05) is 11.5 Å². The van der Waals surface area contributed by atoms with Crippen molar-refractivity contribution in [2.24, 2.45) is 0 Å². The van der Waals surface area contributed by atoms with Crippen molar-refractivity contribution in [3.63, 3.8) is 0 Å². The minimum atomic E-state index is 0.393. The molecule has 4 aromatic rings. The first-order valence-corrected chi connectivity index (χ1v) is 7.71. The van der Waals surface area contributed by atoms with Crippen LogP contribution in [0.2, 0.25) is 0 Å². The van der Waals surface area contributed by atoms with Crippen molar-refractivity contribution in [1.82, 2.24) is 20.2 Å². The van der Waals surface area contributed by atoms with E-state index < -0.39 is 0 Å². The molecule has 0 amide bonds. The zero-order valence-electron chi connectivity index (χ0n) is 13.5. The molecule has 0 saturated heterocycles. The summed E-state index contributed by atoms with van der Waals surface area (Å²) in [6.45, 7) is 1.97. The van der Waals surface area contributed by atoms with Crippen molar-refractivity contribution in [1.29, 1.82) is 0 Å². The number of rotatable bonds is 3. The topological polar surface area (TPSA) is 116 Å². The number of nitrogens with zero attached hydrogens (tertiary/aromatic N) is 3. The van der Waals surface area contributed by atoms with Crippen molar-refractivity contribution in [3.8, 4) is 22.8 Å². The molecule has 7 heteroatoms. The molecule has 0 bridgehead atoms. The molecule has 0 aliphatic carbocycles. The van der Waals surface area contributed by atoms with Crippen molar-refractivity contribution >= 4 is 22.5 Å². The number of aromatic nitrogens is 4. The first-order chi connectivity index (χ1) is 12.1. The molecule has 2 aromatic heterocycles. The van der Waals surface area contributed by atoms with Gasteiger partial charge in [0.2, 0.25) is 0 Å². The summed E-state index contributed by atoms with van der Waals surface area (Å²) in [6, 6.07) is 13.2. The van der Waals surface area contributed by atoms with Crippen LogP contribution in [0.4, 0.5) is 11.5 Å². The third-order valence-electron chi connectivity index (χ3n) is 3.95. The van der Waals surface area contributed by atoms with Gasteiger partial charge in [0.05, 0.1) is 5.39 Å². The van der Waals surface area contributed by atoms with Gasteiger partial charge in [0.1, 0.15) is 29.3 Å². The highest BCUT2D eigenvalue weighted by molar-refractivity contribution is 5.97. The lowest BCUT2D eigenvalue weighted by molar-refractivity contribution is 0.479. The first kappa shape index (κ1) is 14.9.